The lowest BCUT2D eigenvalue weighted by atomic mass is 9.84. The number of halogens is 1. The Balaban J connectivity index is 2.06. The highest BCUT2D eigenvalue weighted by atomic mass is 19.1. The van der Waals surface area contributed by atoms with Crippen molar-refractivity contribution in [1.29, 1.82) is 0 Å². The van der Waals surface area contributed by atoms with Gasteiger partial charge in [0.25, 0.3) is 5.91 Å². The fourth-order valence-electron chi connectivity index (χ4n) is 3.33. The van der Waals surface area contributed by atoms with Gasteiger partial charge in [0, 0.05) is 23.7 Å². The van der Waals surface area contributed by atoms with E-state index in [9.17, 15) is 19.1 Å². The maximum Gasteiger partial charge on any atom is 0.254 e. The van der Waals surface area contributed by atoms with E-state index in [0.717, 1.165) is 0 Å². The van der Waals surface area contributed by atoms with Gasteiger partial charge in [-0.15, -0.1) is 0 Å². The Morgan fingerprint density at radius 2 is 1.70 bits per heavy atom. The van der Waals surface area contributed by atoms with Crippen LogP contribution in [0.15, 0.2) is 42.5 Å². The highest BCUT2D eigenvalue weighted by Crippen LogP contribution is 2.43. The van der Waals surface area contributed by atoms with E-state index in [1.807, 2.05) is 0 Å². The fraction of sp³-hybridized carbons (Fsp3) is 0.333. The van der Waals surface area contributed by atoms with Gasteiger partial charge in [0.15, 0.2) is 5.78 Å². The molecule has 0 saturated heterocycles. The molecule has 0 bridgehead atoms. The van der Waals surface area contributed by atoms with Crippen LogP contribution in [0.1, 0.15) is 53.1 Å². The monoisotopic (exact) mass is 371 g/mol. The van der Waals surface area contributed by atoms with Crippen molar-refractivity contribution in [2.24, 2.45) is 0 Å². The smallest absolute Gasteiger partial charge is 0.254 e. The number of hydrogen-bond donors (Lipinski definition) is 1. The number of ether oxygens (including phenoxy) is 1. The maximum absolute atomic E-state index is 13.2. The van der Waals surface area contributed by atoms with Gasteiger partial charge >= 0.3 is 0 Å². The van der Waals surface area contributed by atoms with Crippen molar-refractivity contribution in [2.45, 2.75) is 38.5 Å². The minimum absolute atomic E-state index is 0.122. The molecule has 0 aromatic heterocycles. The van der Waals surface area contributed by atoms with E-state index >= 15 is 0 Å². The van der Waals surface area contributed by atoms with Crippen LogP contribution in [0, 0.1) is 5.82 Å². The van der Waals surface area contributed by atoms with Crippen molar-refractivity contribution >= 4 is 11.7 Å². The zero-order valence-corrected chi connectivity index (χ0v) is 15.7. The predicted molar refractivity (Wildman–Crippen MR) is 98.4 cm³/mol. The van der Waals surface area contributed by atoms with Gasteiger partial charge in [-0.2, -0.15) is 0 Å². The predicted octanol–water partition coefficient (Wildman–Crippen LogP) is 3.37. The van der Waals surface area contributed by atoms with E-state index in [2.05, 4.69) is 0 Å². The molecule has 2 aromatic rings. The van der Waals surface area contributed by atoms with Gasteiger partial charge in [0.2, 0.25) is 0 Å². The number of aliphatic hydroxyl groups is 1. The second-order valence-electron chi connectivity index (χ2n) is 7.33. The van der Waals surface area contributed by atoms with Crippen molar-refractivity contribution in [2.75, 3.05) is 7.05 Å². The third kappa shape index (κ3) is 3.45. The molecule has 1 aliphatic rings. The number of carbonyl (C=O) groups is 2. The molecule has 6 heteroatoms. The first-order chi connectivity index (χ1) is 12.6. The minimum Gasteiger partial charge on any atom is -0.485 e. The first kappa shape index (κ1) is 19.0. The Morgan fingerprint density at radius 3 is 2.30 bits per heavy atom. The number of Topliss-reactive ketones (excluding diaryl/α,β-unsaturated/α-hetero) is 1. The highest BCUT2D eigenvalue weighted by molar-refractivity contribution is 5.95. The van der Waals surface area contributed by atoms with Crippen LogP contribution < -0.4 is 4.74 Å². The van der Waals surface area contributed by atoms with E-state index in [4.69, 9.17) is 4.74 Å². The Morgan fingerprint density at radius 1 is 1.11 bits per heavy atom. The second kappa shape index (κ2) is 6.78. The van der Waals surface area contributed by atoms with Gasteiger partial charge in [-0.05, 0) is 63.2 Å². The molecule has 1 aliphatic heterocycles. The summed E-state index contributed by atoms with van der Waals surface area (Å²) in [6, 6.07) is 9.50. The van der Waals surface area contributed by atoms with Crippen LogP contribution >= 0.6 is 0 Å². The lowest BCUT2D eigenvalue weighted by Gasteiger charge is -2.45. The van der Waals surface area contributed by atoms with Gasteiger partial charge in [0.1, 0.15) is 23.3 Å². The number of rotatable bonds is 3. The molecule has 1 amide bonds. The Kier molecular flexibility index (Phi) is 4.78. The number of amides is 1. The van der Waals surface area contributed by atoms with Crippen LogP contribution in [-0.2, 0) is 0 Å². The molecule has 5 nitrogen and oxygen atoms in total. The third-order valence-electron chi connectivity index (χ3n) is 4.95. The molecule has 0 aliphatic carbocycles. The molecule has 1 N–H and O–H groups in total. The molecule has 142 valence electrons. The SMILES string of the molecule is CC(=O)c1ccc2c(c1)C(N(C)C(=O)c1ccc(F)cc1)C(O)C(C)(C)O2. The summed E-state index contributed by atoms with van der Waals surface area (Å²) in [7, 11) is 1.57. The van der Waals surface area contributed by atoms with E-state index in [1.165, 1.54) is 36.1 Å². The molecule has 27 heavy (non-hydrogen) atoms. The number of likely N-dealkylation sites (N-methyl/N-ethyl adjacent to an activating group) is 1. The summed E-state index contributed by atoms with van der Waals surface area (Å²) in [6.45, 7) is 4.93. The van der Waals surface area contributed by atoms with Crippen molar-refractivity contribution in [3.63, 3.8) is 0 Å². The van der Waals surface area contributed by atoms with E-state index in [1.54, 1.807) is 39.1 Å². The zero-order chi connectivity index (χ0) is 19.9. The maximum atomic E-state index is 13.2. The summed E-state index contributed by atoms with van der Waals surface area (Å²) in [5.74, 6) is -0.406. The van der Waals surface area contributed by atoms with E-state index in [0.29, 0.717) is 22.4 Å². The van der Waals surface area contributed by atoms with E-state index in [-0.39, 0.29) is 11.7 Å². The number of fused-ring (bicyclic) bond motifs is 1. The van der Waals surface area contributed by atoms with Gasteiger partial charge in [0.05, 0.1) is 6.04 Å². The first-order valence-electron chi connectivity index (χ1n) is 8.66. The number of carbonyl (C=O) groups excluding carboxylic acids is 2. The number of nitrogens with zero attached hydrogens (tertiary/aromatic N) is 1. The van der Waals surface area contributed by atoms with Crippen molar-refractivity contribution in [3.05, 3.63) is 65.0 Å². The standard InChI is InChI=1S/C21H22FNO4/c1-12(24)14-7-10-17-16(11-14)18(19(25)21(2,3)27-17)23(4)20(26)13-5-8-15(22)9-6-13/h5-11,18-19,25H,1-4H3. The molecular formula is C21H22FNO4. The number of hydrogen-bond acceptors (Lipinski definition) is 4. The first-order valence-corrected chi connectivity index (χ1v) is 8.66. The minimum atomic E-state index is -1.03. The van der Waals surface area contributed by atoms with Crippen LogP contribution in [0.2, 0.25) is 0 Å². The molecule has 3 rings (SSSR count). The van der Waals surface area contributed by atoms with Gasteiger partial charge in [-0.1, -0.05) is 0 Å². The lowest BCUT2D eigenvalue weighted by Crippen LogP contribution is -2.54. The molecule has 2 aromatic carbocycles. The fourth-order valence-corrected chi connectivity index (χ4v) is 3.33. The Hall–Kier alpha value is -2.73. The van der Waals surface area contributed by atoms with Crippen molar-refractivity contribution in [3.8, 4) is 5.75 Å². The molecule has 0 spiro atoms. The summed E-state index contributed by atoms with van der Waals surface area (Å²) in [6.07, 6.45) is -1.03. The average Bonchev–Trinajstić information content (AvgIpc) is 2.61. The largest absolute Gasteiger partial charge is 0.485 e. The summed E-state index contributed by atoms with van der Waals surface area (Å²) >= 11 is 0. The highest BCUT2D eigenvalue weighted by Gasteiger charge is 2.46. The lowest BCUT2D eigenvalue weighted by molar-refractivity contribution is -0.0830. The summed E-state index contributed by atoms with van der Waals surface area (Å²) < 4.78 is 19.1. The summed E-state index contributed by atoms with van der Waals surface area (Å²) in [5.41, 5.74) is 0.399. The quantitative estimate of drug-likeness (QED) is 0.840. The normalized spacial score (nSPS) is 20.4. The zero-order valence-electron chi connectivity index (χ0n) is 15.7. The Labute approximate surface area is 157 Å². The van der Waals surface area contributed by atoms with Crippen molar-refractivity contribution < 1.29 is 23.8 Å². The van der Waals surface area contributed by atoms with Crippen LogP contribution in [0.5, 0.6) is 5.75 Å². The van der Waals surface area contributed by atoms with Crippen LogP contribution in [-0.4, -0.2) is 40.4 Å². The Bertz CT molecular complexity index is 892. The summed E-state index contributed by atoms with van der Waals surface area (Å²) in [4.78, 5) is 26.1. The molecule has 1 heterocycles. The van der Waals surface area contributed by atoms with Crippen LogP contribution in [0.4, 0.5) is 4.39 Å². The number of ketones is 1. The van der Waals surface area contributed by atoms with Crippen molar-refractivity contribution in [1.82, 2.24) is 4.90 Å². The van der Waals surface area contributed by atoms with Gasteiger partial charge in [-0.25, -0.2) is 4.39 Å². The van der Waals surface area contributed by atoms with Gasteiger partial charge in [-0.3, -0.25) is 9.59 Å². The molecule has 2 atom stereocenters. The number of aliphatic hydroxyl groups excluding tert-OH is 1. The van der Waals surface area contributed by atoms with Crippen LogP contribution in [0.3, 0.4) is 0 Å². The van der Waals surface area contributed by atoms with Crippen LogP contribution in [0.25, 0.3) is 0 Å². The molecule has 0 fully saturated rings. The molecule has 2 unspecified atom stereocenters. The molecule has 0 radical (unpaired) electrons. The molecule has 0 saturated carbocycles. The van der Waals surface area contributed by atoms with E-state index < -0.39 is 23.6 Å². The second-order valence-corrected chi connectivity index (χ2v) is 7.33. The average molecular weight is 371 g/mol. The van der Waals surface area contributed by atoms with Gasteiger partial charge < -0.3 is 14.7 Å². The molecular weight excluding hydrogens is 349 g/mol. The number of benzene rings is 2. The topological polar surface area (TPSA) is 66.8 Å². The third-order valence-corrected chi connectivity index (χ3v) is 4.95. The summed E-state index contributed by atoms with van der Waals surface area (Å²) in [5, 5.41) is 10.9.